The van der Waals surface area contributed by atoms with Gasteiger partial charge in [-0.05, 0) is 31.5 Å². The number of amides is 2. The Labute approximate surface area is 194 Å². The zero-order chi connectivity index (χ0) is 24.8. The van der Waals surface area contributed by atoms with Crippen LogP contribution in [0.15, 0.2) is 35.3 Å². The Bertz CT molecular complexity index is 1370. The first-order chi connectivity index (χ1) is 16.1. The first-order valence-corrected chi connectivity index (χ1v) is 10.8. The third-order valence-electron chi connectivity index (χ3n) is 6.09. The summed E-state index contributed by atoms with van der Waals surface area (Å²) in [6.07, 6.45) is 1.74. The molecular weight excluding hydrogens is 443 g/mol. The smallest absolute Gasteiger partial charge is 0.268 e. The summed E-state index contributed by atoms with van der Waals surface area (Å²) in [5.41, 5.74) is -1.17. The van der Waals surface area contributed by atoms with Gasteiger partial charge in [-0.2, -0.15) is 0 Å². The molecule has 1 atom stereocenters. The van der Waals surface area contributed by atoms with Crippen LogP contribution < -0.4 is 15.6 Å². The van der Waals surface area contributed by atoms with Crippen LogP contribution in [0.1, 0.15) is 35.3 Å². The minimum absolute atomic E-state index is 0.00870. The van der Waals surface area contributed by atoms with Gasteiger partial charge in [0.25, 0.3) is 17.4 Å². The summed E-state index contributed by atoms with van der Waals surface area (Å²) in [4.78, 5) is 44.8. The summed E-state index contributed by atoms with van der Waals surface area (Å²) in [5.74, 6) is -1.85. The third kappa shape index (κ3) is 3.64. The largest absolute Gasteiger partial charge is 0.505 e. The first-order valence-electron chi connectivity index (χ1n) is 10.8. The number of pyridine rings is 2. The molecule has 0 bridgehead atoms. The lowest BCUT2D eigenvalue weighted by molar-refractivity contribution is -0.147. The van der Waals surface area contributed by atoms with Crippen LogP contribution in [0.25, 0.3) is 11.0 Å². The van der Waals surface area contributed by atoms with Gasteiger partial charge in [0.15, 0.2) is 11.5 Å². The van der Waals surface area contributed by atoms with Gasteiger partial charge >= 0.3 is 0 Å². The molecule has 2 N–H and O–H groups in total. The molecule has 4 rings (SSSR count). The van der Waals surface area contributed by atoms with Crippen LogP contribution in [0.2, 0.25) is 0 Å². The van der Waals surface area contributed by atoms with Crippen molar-refractivity contribution in [3.05, 3.63) is 63.3 Å². The van der Waals surface area contributed by atoms with Crippen LogP contribution in [0.4, 0.5) is 4.39 Å². The van der Waals surface area contributed by atoms with Gasteiger partial charge in [0.05, 0.1) is 6.54 Å². The Morgan fingerprint density at radius 3 is 2.62 bits per heavy atom. The molecule has 0 saturated carbocycles. The molecular formula is C24H25FN4O5. The molecule has 178 valence electrons. The van der Waals surface area contributed by atoms with Crippen molar-refractivity contribution in [3.8, 4) is 11.5 Å². The monoisotopic (exact) mass is 468 g/mol. The second-order valence-electron chi connectivity index (χ2n) is 8.46. The topological polar surface area (TPSA) is 114 Å². The molecule has 0 saturated heterocycles. The highest BCUT2D eigenvalue weighted by atomic mass is 19.1. The van der Waals surface area contributed by atoms with Gasteiger partial charge in [-0.25, -0.2) is 4.39 Å². The summed E-state index contributed by atoms with van der Waals surface area (Å²) in [5, 5.41) is 13.1. The molecule has 0 unspecified atom stereocenters. The Balaban J connectivity index is 1.99. The molecule has 0 fully saturated rings. The van der Waals surface area contributed by atoms with Crippen molar-refractivity contribution < 1.29 is 23.8 Å². The van der Waals surface area contributed by atoms with Crippen LogP contribution in [-0.2, 0) is 17.8 Å². The molecule has 1 aliphatic rings. The standard InChI is InChI=1S/C24H25FN4O5/c1-5-28(4)23(33)24(2)12-29-18-17(19(30)16(22(29)32)21(31)26-3)27-11-14(20(18)34-24)10-13-6-8-15(25)9-7-13/h6-9,11,30H,5,10,12H2,1-4H3,(H,26,31)/t24-/m1/s1. The quantitative estimate of drug-likeness (QED) is 0.591. The number of hydrogen-bond acceptors (Lipinski definition) is 6. The summed E-state index contributed by atoms with van der Waals surface area (Å²) in [7, 11) is 2.98. The van der Waals surface area contributed by atoms with Crippen molar-refractivity contribution in [3.63, 3.8) is 0 Å². The fraction of sp³-hybridized carbons (Fsp3) is 0.333. The van der Waals surface area contributed by atoms with Crippen molar-refractivity contribution in [2.24, 2.45) is 0 Å². The van der Waals surface area contributed by atoms with E-state index in [9.17, 15) is 23.9 Å². The van der Waals surface area contributed by atoms with E-state index in [4.69, 9.17) is 4.74 Å². The lowest BCUT2D eigenvalue weighted by Crippen LogP contribution is -2.55. The number of aromatic hydroxyl groups is 1. The number of ether oxygens (including phenoxy) is 1. The molecule has 0 aliphatic carbocycles. The predicted octanol–water partition coefficient (Wildman–Crippen LogP) is 1.82. The third-order valence-corrected chi connectivity index (χ3v) is 6.09. The van der Waals surface area contributed by atoms with E-state index in [2.05, 4.69) is 10.3 Å². The van der Waals surface area contributed by atoms with Crippen molar-refractivity contribution >= 4 is 22.8 Å². The number of halogens is 1. The molecule has 34 heavy (non-hydrogen) atoms. The second kappa shape index (κ2) is 8.44. The van der Waals surface area contributed by atoms with E-state index >= 15 is 0 Å². The maximum absolute atomic E-state index is 13.4. The van der Waals surface area contributed by atoms with Crippen LogP contribution in [0, 0.1) is 5.82 Å². The molecule has 10 heteroatoms. The van der Waals surface area contributed by atoms with E-state index in [1.807, 2.05) is 6.92 Å². The van der Waals surface area contributed by atoms with Crippen molar-refractivity contribution in [2.75, 3.05) is 20.6 Å². The van der Waals surface area contributed by atoms with E-state index in [0.717, 1.165) is 5.56 Å². The van der Waals surface area contributed by atoms with Gasteiger partial charge in [-0.3, -0.25) is 23.9 Å². The molecule has 1 aromatic carbocycles. The molecule has 1 aliphatic heterocycles. The van der Waals surface area contributed by atoms with E-state index in [1.54, 1.807) is 26.1 Å². The van der Waals surface area contributed by atoms with E-state index in [0.29, 0.717) is 12.1 Å². The summed E-state index contributed by atoms with van der Waals surface area (Å²) >= 11 is 0. The highest BCUT2D eigenvalue weighted by Crippen LogP contribution is 2.40. The van der Waals surface area contributed by atoms with Gasteiger partial charge in [0.1, 0.15) is 22.4 Å². The van der Waals surface area contributed by atoms with Gasteiger partial charge < -0.3 is 20.1 Å². The Kier molecular flexibility index (Phi) is 5.76. The van der Waals surface area contributed by atoms with Crippen molar-refractivity contribution in [2.45, 2.75) is 32.4 Å². The average Bonchev–Trinajstić information content (AvgIpc) is 2.83. The lowest BCUT2D eigenvalue weighted by atomic mass is 9.98. The highest BCUT2D eigenvalue weighted by Gasteiger charge is 2.44. The van der Waals surface area contributed by atoms with Crippen LogP contribution in [0.5, 0.6) is 11.5 Å². The number of carbonyl (C=O) groups is 2. The molecule has 9 nitrogen and oxygen atoms in total. The molecule has 3 heterocycles. The minimum atomic E-state index is -1.45. The normalized spacial score (nSPS) is 16.7. The van der Waals surface area contributed by atoms with Crippen molar-refractivity contribution in [1.82, 2.24) is 19.8 Å². The number of aromatic nitrogens is 2. The Morgan fingerprint density at radius 1 is 1.32 bits per heavy atom. The lowest BCUT2D eigenvalue weighted by Gasteiger charge is -2.38. The van der Waals surface area contributed by atoms with Crippen LogP contribution >= 0.6 is 0 Å². The number of hydrogen-bond donors (Lipinski definition) is 2. The number of rotatable bonds is 5. The fourth-order valence-electron chi connectivity index (χ4n) is 4.16. The Hall–Kier alpha value is -3.95. The predicted molar refractivity (Wildman–Crippen MR) is 123 cm³/mol. The maximum atomic E-state index is 13.4. The maximum Gasteiger partial charge on any atom is 0.268 e. The summed E-state index contributed by atoms with van der Waals surface area (Å²) in [6.45, 7) is 3.64. The SMILES string of the molecule is CCN(C)C(=O)[C@@]1(C)Cn2c(=O)c(C(=O)NC)c(O)c3ncc(Cc4ccc(F)cc4)c(c32)O1. The van der Waals surface area contributed by atoms with Crippen LogP contribution in [0.3, 0.4) is 0 Å². The average molecular weight is 468 g/mol. The number of benzene rings is 1. The Morgan fingerprint density at radius 2 is 2.00 bits per heavy atom. The zero-order valence-corrected chi connectivity index (χ0v) is 19.3. The van der Waals surface area contributed by atoms with Crippen LogP contribution in [-0.4, -0.2) is 57.6 Å². The molecule has 2 amide bonds. The van der Waals surface area contributed by atoms with Gasteiger partial charge in [0, 0.05) is 38.8 Å². The number of likely N-dealkylation sites (N-methyl/N-ethyl adjacent to an activating group) is 1. The second-order valence-corrected chi connectivity index (χ2v) is 8.46. The van der Waals surface area contributed by atoms with E-state index in [1.165, 1.54) is 34.8 Å². The van der Waals surface area contributed by atoms with Gasteiger partial charge in [-0.1, -0.05) is 12.1 Å². The highest BCUT2D eigenvalue weighted by molar-refractivity contribution is 6.02. The number of carbonyl (C=O) groups excluding carboxylic acids is 2. The fourth-order valence-corrected chi connectivity index (χ4v) is 4.16. The first kappa shape index (κ1) is 23.2. The molecule has 3 aromatic rings. The van der Waals surface area contributed by atoms with Gasteiger partial charge in [0.2, 0.25) is 5.60 Å². The van der Waals surface area contributed by atoms with E-state index < -0.39 is 28.4 Å². The zero-order valence-electron chi connectivity index (χ0n) is 19.3. The number of nitrogens with one attached hydrogen (secondary N) is 1. The summed E-state index contributed by atoms with van der Waals surface area (Å²) < 4.78 is 20.9. The van der Waals surface area contributed by atoms with Crippen molar-refractivity contribution in [1.29, 1.82) is 0 Å². The minimum Gasteiger partial charge on any atom is -0.505 e. The molecule has 0 radical (unpaired) electrons. The summed E-state index contributed by atoms with van der Waals surface area (Å²) in [6, 6.07) is 5.89. The van der Waals surface area contributed by atoms with Gasteiger partial charge in [-0.15, -0.1) is 0 Å². The number of nitrogens with zero attached hydrogens (tertiary/aromatic N) is 3. The molecule has 0 spiro atoms. The van der Waals surface area contributed by atoms with E-state index in [-0.39, 0.29) is 41.5 Å². The molecule has 2 aromatic heterocycles.